The Morgan fingerprint density at radius 1 is 1.10 bits per heavy atom. The van der Waals surface area contributed by atoms with E-state index < -0.39 is 0 Å². The molecule has 2 aromatic carbocycles. The summed E-state index contributed by atoms with van der Waals surface area (Å²) in [6.45, 7) is 2.98. The number of hydrogen-bond donors (Lipinski definition) is 1. The Labute approximate surface area is 176 Å². The van der Waals surface area contributed by atoms with Crippen molar-refractivity contribution in [1.82, 2.24) is 15.4 Å². The highest BCUT2D eigenvalue weighted by Gasteiger charge is 2.18. The van der Waals surface area contributed by atoms with Crippen LogP contribution >= 0.6 is 0 Å². The minimum absolute atomic E-state index is 0.0114. The molecule has 0 aliphatic rings. The standard InChI is InChI=1S/C23H27N3O4/c1-5-29-19-12-8-17(9-13-19)22-14-20(25-30-22)23(27)24-15-21(26(2)3)16-6-10-18(28-4)11-7-16/h6-14,21H,5,15H2,1-4H3,(H,24,27)/t21-/m1/s1. The van der Waals surface area contributed by atoms with E-state index in [9.17, 15) is 4.79 Å². The predicted molar refractivity (Wildman–Crippen MR) is 115 cm³/mol. The first-order chi connectivity index (χ1) is 14.5. The van der Waals surface area contributed by atoms with Crippen LogP contribution in [0.2, 0.25) is 0 Å². The zero-order valence-electron chi connectivity index (χ0n) is 17.7. The quantitative estimate of drug-likeness (QED) is 0.580. The summed E-state index contributed by atoms with van der Waals surface area (Å²) in [7, 11) is 5.58. The summed E-state index contributed by atoms with van der Waals surface area (Å²) in [5.41, 5.74) is 2.15. The topological polar surface area (TPSA) is 76.8 Å². The highest BCUT2D eigenvalue weighted by molar-refractivity contribution is 5.93. The molecule has 7 heteroatoms. The summed E-state index contributed by atoms with van der Waals surface area (Å²) in [6.07, 6.45) is 0. The van der Waals surface area contributed by atoms with E-state index >= 15 is 0 Å². The SMILES string of the molecule is CCOc1ccc(-c2cc(C(=O)NC[C@H](c3ccc(OC)cc3)N(C)C)no2)cc1. The van der Waals surface area contributed by atoms with Crippen molar-refractivity contribution >= 4 is 5.91 Å². The molecular formula is C23H27N3O4. The van der Waals surface area contributed by atoms with Crippen LogP contribution < -0.4 is 14.8 Å². The van der Waals surface area contributed by atoms with E-state index in [0.29, 0.717) is 18.9 Å². The van der Waals surface area contributed by atoms with Crippen molar-refractivity contribution in [2.45, 2.75) is 13.0 Å². The molecule has 7 nitrogen and oxygen atoms in total. The fourth-order valence-corrected chi connectivity index (χ4v) is 3.10. The van der Waals surface area contributed by atoms with Crippen LogP contribution in [0, 0.1) is 0 Å². The molecule has 1 aromatic heterocycles. The molecule has 0 saturated carbocycles. The zero-order valence-corrected chi connectivity index (χ0v) is 17.7. The van der Waals surface area contributed by atoms with Crippen LogP contribution in [0.3, 0.4) is 0 Å². The first-order valence-electron chi connectivity index (χ1n) is 9.80. The summed E-state index contributed by atoms with van der Waals surface area (Å²) in [5.74, 6) is 1.83. The van der Waals surface area contributed by atoms with Gasteiger partial charge in [-0.2, -0.15) is 0 Å². The van der Waals surface area contributed by atoms with Gasteiger partial charge in [0.05, 0.1) is 19.8 Å². The smallest absolute Gasteiger partial charge is 0.273 e. The number of benzene rings is 2. The van der Waals surface area contributed by atoms with E-state index in [0.717, 1.165) is 22.6 Å². The Morgan fingerprint density at radius 3 is 2.37 bits per heavy atom. The van der Waals surface area contributed by atoms with Gasteiger partial charge in [-0.15, -0.1) is 0 Å². The van der Waals surface area contributed by atoms with E-state index in [-0.39, 0.29) is 17.6 Å². The molecule has 0 unspecified atom stereocenters. The van der Waals surface area contributed by atoms with E-state index in [1.54, 1.807) is 13.2 Å². The molecule has 0 aliphatic heterocycles. The van der Waals surface area contributed by atoms with Gasteiger partial charge in [-0.25, -0.2) is 0 Å². The lowest BCUT2D eigenvalue weighted by Crippen LogP contribution is -2.34. The normalized spacial score (nSPS) is 11.9. The molecule has 1 heterocycles. The Morgan fingerprint density at radius 2 is 1.77 bits per heavy atom. The Balaban J connectivity index is 1.65. The Kier molecular flexibility index (Phi) is 7.08. The minimum Gasteiger partial charge on any atom is -0.497 e. The number of hydrogen-bond acceptors (Lipinski definition) is 6. The van der Waals surface area contributed by atoms with Crippen molar-refractivity contribution in [3.05, 3.63) is 65.9 Å². The van der Waals surface area contributed by atoms with Crippen LogP contribution in [-0.2, 0) is 0 Å². The molecule has 0 spiro atoms. The maximum absolute atomic E-state index is 12.6. The van der Waals surface area contributed by atoms with Crippen molar-refractivity contribution in [2.75, 3.05) is 34.4 Å². The average molecular weight is 409 g/mol. The fourth-order valence-electron chi connectivity index (χ4n) is 3.10. The molecular weight excluding hydrogens is 382 g/mol. The molecule has 3 aromatic rings. The number of rotatable bonds is 9. The number of methoxy groups -OCH3 is 1. The molecule has 0 bridgehead atoms. The van der Waals surface area contributed by atoms with Crippen molar-refractivity contribution < 1.29 is 18.8 Å². The third-order valence-corrected chi connectivity index (χ3v) is 4.77. The van der Waals surface area contributed by atoms with Crippen LogP contribution in [-0.4, -0.2) is 50.3 Å². The zero-order chi connectivity index (χ0) is 21.5. The van der Waals surface area contributed by atoms with E-state index in [2.05, 4.69) is 15.4 Å². The van der Waals surface area contributed by atoms with E-state index in [1.165, 1.54) is 0 Å². The predicted octanol–water partition coefficient (Wildman–Crippen LogP) is 3.78. The van der Waals surface area contributed by atoms with Crippen molar-refractivity contribution in [2.24, 2.45) is 0 Å². The highest BCUT2D eigenvalue weighted by Crippen LogP contribution is 2.24. The van der Waals surface area contributed by atoms with Crippen molar-refractivity contribution in [3.63, 3.8) is 0 Å². The van der Waals surface area contributed by atoms with Crippen LogP contribution in [0.15, 0.2) is 59.1 Å². The number of nitrogens with one attached hydrogen (secondary N) is 1. The molecule has 0 saturated heterocycles. The number of aromatic nitrogens is 1. The molecule has 30 heavy (non-hydrogen) atoms. The maximum Gasteiger partial charge on any atom is 0.273 e. The van der Waals surface area contributed by atoms with Gasteiger partial charge in [0.15, 0.2) is 11.5 Å². The van der Waals surface area contributed by atoms with Crippen LogP contribution in [0.5, 0.6) is 11.5 Å². The van der Waals surface area contributed by atoms with Gasteiger partial charge < -0.3 is 24.2 Å². The number of nitrogens with zero attached hydrogens (tertiary/aromatic N) is 2. The number of carbonyl (C=O) groups excluding carboxylic acids is 1. The number of likely N-dealkylation sites (N-methyl/N-ethyl adjacent to an activating group) is 1. The minimum atomic E-state index is -0.281. The van der Waals surface area contributed by atoms with Crippen molar-refractivity contribution in [1.29, 1.82) is 0 Å². The van der Waals surface area contributed by atoms with Gasteiger partial charge >= 0.3 is 0 Å². The Bertz CT molecular complexity index is 949. The molecule has 1 atom stereocenters. The van der Waals surface area contributed by atoms with Crippen molar-refractivity contribution in [3.8, 4) is 22.8 Å². The van der Waals surface area contributed by atoms with E-state index in [1.807, 2.05) is 69.6 Å². The number of carbonyl (C=O) groups is 1. The number of ether oxygens (including phenoxy) is 2. The van der Waals surface area contributed by atoms with Gasteiger partial charge in [-0.05, 0) is 63.0 Å². The lowest BCUT2D eigenvalue weighted by molar-refractivity contribution is 0.0933. The van der Waals surface area contributed by atoms with E-state index in [4.69, 9.17) is 14.0 Å². The first kappa shape index (κ1) is 21.4. The summed E-state index contributed by atoms with van der Waals surface area (Å²) >= 11 is 0. The second-order valence-electron chi connectivity index (χ2n) is 7.00. The molecule has 0 fully saturated rings. The molecule has 158 valence electrons. The molecule has 0 radical (unpaired) electrons. The third kappa shape index (κ3) is 5.18. The number of amides is 1. The van der Waals surface area contributed by atoms with Gasteiger partial charge in [-0.3, -0.25) is 4.79 Å². The molecule has 1 amide bonds. The molecule has 0 aliphatic carbocycles. The largest absolute Gasteiger partial charge is 0.497 e. The second kappa shape index (κ2) is 9.93. The summed E-state index contributed by atoms with van der Waals surface area (Å²) in [5, 5.41) is 6.86. The van der Waals surface area contributed by atoms with Gasteiger partial charge in [0, 0.05) is 18.2 Å². The lowest BCUT2D eigenvalue weighted by Gasteiger charge is -2.25. The first-order valence-corrected chi connectivity index (χ1v) is 9.80. The Hall–Kier alpha value is -3.32. The summed E-state index contributed by atoms with van der Waals surface area (Å²) < 4.78 is 16.0. The van der Waals surface area contributed by atoms with Crippen LogP contribution in [0.1, 0.15) is 29.0 Å². The molecule has 1 N–H and O–H groups in total. The van der Waals surface area contributed by atoms with Crippen LogP contribution in [0.25, 0.3) is 11.3 Å². The second-order valence-corrected chi connectivity index (χ2v) is 7.00. The maximum atomic E-state index is 12.6. The van der Waals surface area contributed by atoms with Gasteiger partial charge in [-0.1, -0.05) is 17.3 Å². The monoisotopic (exact) mass is 409 g/mol. The average Bonchev–Trinajstić information content (AvgIpc) is 3.25. The summed E-state index contributed by atoms with van der Waals surface area (Å²) in [6, 6.07) is 16.9. The van der Waals surface area contributed by atoms with Gasteiger partial charge in [0.1, 0.15) is 11.5 Å². The molecule has 3 rings (SSSR count). The van der Waals surface area contributed by atoms with Gasteiger partial charge in [0.2, 0.25) is 0 Å². The lowest BCUT2D eigenvalue weighted by atomic mass is 10.1. The van der Waals surface area contributed by atoms with Gasteiger partial charge in [0.25, 0.3) is 5.91 Å². The van der Waals surface area contributed by atoms with Crippen LogP contribution in [0.4, 0.5) is 0 Å². The highest BCUT2D eigenvalue weighted by atomic mass is 16.5. The summed E-state index contributed by atoms with van der Waals surface area (Å²) in [4.78, 5) is 14.6. The third-order valence-electron chi connectivity index (χ3n) is 4.77. The fraction of sp³-hybridized carbons (Fsp3) is 0.304.